The lowest BCUT2D eigenvalue weighted by atomic mass is 10.1. The molecule has 2 heterocycles. The lowest BCUT2D eigenvalue weighted by molar-refractivity contribution is -0.00803. The number of aryl methyl sites for hydroxylation is 2. The van der Waals surface area contributed by atoms with Gasteiger partial charge in [-0.3, -0.25) is 9.67 Å². The number of nitrogens with one attached hydrogen (secondary N) is 1. The largest absolute Gasteiger partial charge is 0.493 e. The quantitative estimate of drug-likeness (QED) is 0.267. The third-order valence-electron chi connectivity index (χ3n) is 4.67. The molecule has 0 radical (unpaired) electrons. The second-order valence-electron chi connectivity index (χ2n) is 6.84. The minimum Gasteiger partial charge on any atom is -0.493 e. The maximum atomic E-state index is 5.98. The van der Waals surface area contributed by atoms with Crippen molar-refractivity contribution in [3.8, 4) is 5.75 Å². The Morgan fingerprint density at radius 3 is 2.97 bits per heavy atom. The van der Waals surface area contributed by atoms with Gasteiger partial charge in [-0.05, 0) is 37.1 Å². The second kappa shape index (κ2) is 11.6. The summed E-state index contributed by atoms with van der Waals surface area (Å²) >= 11 is 5.98. The van der Waals surface area contributed by atoms with Gasteiger partial charge in [0.05, 0.1) is 26.0 Å². The van der Waals surface area contributed by atoms with E-state index in [1.807, 2.05) is 51.6 Å². The summed E-state index contributed by atoms with van der Waals surface area (Å²) in [5, 5.41) is 8.39. The average molecular weight is 534 g/mol. The van der Waals surface area contributed by atoms with Crippen LogP contribution in [0.1, 0.15) is 23.7 Å². The molecule has 1 N–H and O–H groups in total. The standard InChI is InChI=1S/C20H28ClN5O2.HI/c1-15-11-17(21)5-6-18(15)27-9-4-7-23-20(22-2)26-8-10-28-19(14-26)16-12-24-25(3)13-16;/h5-6,11-13,19H,4,7-10,14H2,1-3H3,(H,22,23);1H. The fourth-order valence-electron chi connectivity index (χ4n) is 3.21. The van der Waals surface area contributed by atoms with Gasteiger partial charge in [-0.15, -0.1) is 24.0 Å². The molecule has 1 saturated heterocycles. The van der Waals surface area contributed by atoms with Gasteiger partial charge in [-0.2, -0.15) is 5.10 Å². The zero-order valence-corrected chi connectivity index (χ0v) is 20.2. The zero-order chi connectivity index (χ0) is 19.9. The van der Waals surface area contributed by atoms with Crippen molar-refractivity contribution in [2.75, 3.05) is 39.9 Å². The monoisotopic (exact) mass is 533 g/mol. The molecule has 7 nitrogen and oxygen atoms in total. The van der Waals surface area contributed by atoms with Crippen LogP contribution >= 0.6 is 35.6 Å². The summed E-state index contributed by atoms with van der Waals surface area (Å²) in [5.41, 5.74) is 2.14. The van der Waals surface area contributed by atoms with Crippen LogP contribution in [0.15, 0.2) is 35.6 Å². The van der Waals surface area contributed by atoms with Crippen molar-refractivity contribution in [2.24, 2.45) is 12.0 Å². The van der Waals surface area contributed by atoms with E-state index in [1.54, 1.807) is 4.68 Å². The van der Waals surface area contributed by atoms with Crippen molar-refractivity contribution in [1.29, 1.82) is 0 Å². The predicted octanol–water partition coefficient (Wildman–Crippen LogP) is 3.42. The van der Waals surface area contributed by atoms with E-state index in [4.69, 9.17) is 21.1 Å². The first-order valence-electron chi connectivity index (χ1n) is 9.51. The van der Waals surface area contributed by atoms with Crippen LogP contribution in [0.4, 0.5) is 0 Å². The lowest BCUT2D eigenvalue weighted by Gasteiger charge is -2.34. The third kappa shape index (κ3) is 6.75. The second-order valence-corrected chi connectivity index (χ2v) is 7.28. The number of aromatic nitrogens is 2. The molecular formula is C20H29ClIN5O2. The highest BCUT2D eigenvalue weighted by atomic mass is 127. The molecule has 1 aliphatic heterocycles. The van der Waals surface area contributed by atoms with Crippen molar-refractivity contribution in [2.45, 2.75) is 19.4 Å². The molecule has 0 aliphatic carbocycles. The van der Waals surface area contributed by atoms with E-state index >= 15 is 0 Å². The summed E-state index contributed by atoms with van der Waals surface area (Å²) in [6.45, 7) is 5.66. The number of hydrogen-bond acceptors (Lipinski definition) is 4. The van der Waals surface area contributed by atoms with E-state index < -0.39 is 0 Å². The number of rotatable bonds is 6. The number of aliphatic imine (C=N–C) groups is 1. The lowest BCUT2D eigenvalue weighted by Crippen LogP contribution is -2.48. The molecule has 0 spiro atoms. The smallest absolute Gasteiger partial charge is 0.193 e. The van der Waals surface area contributed by atoms with Crippen molar-refractivity contribution < 1.29 is 9.47 Å². The van der Waals surface area contributed by atoms with Crippen LogP contribution in [0.25, 0.3) is 0 Å². The number of morpholine rings is 1. The summed E-state index contributed by atoms with van der Waals surface area (Å²) < 4.78 is 13.6. The van der Waals surface area contributed by atoms with Crippen LogP contribution in [-0.2, 0) is 11.8 Å². The van der Waals surface area contributed by atoms with Gasteiger partial charge in [-0.1, -0.05) is 11.6 Å². The molecule has 1 unspecified atom stereocenters. The van der Waals surface area contributed by atoms with Crippen LogP contribution in [-0.4, -0.2) is 60.5 Å². The van der Waals surface area contributed by atoms with Crippen LogP contribution in [0, 0.1) is 6.92 Å². The highest BCUT2D eigenvalue weighted by Gasteiger charge is 2.24. The Hall–Kier alpha value is -1.52. The Morgan fingerprint density at radius 2 is 2.28 bits per heavy atom. The fraction of sp³-hybridized carbons (Fsp3) is 0.500. The van der Waals surface area contributed by atoms with E-state index in [2.05, 4.69) is 20.3 Å². The van der Waals surface area contributed by atoms with Crippen LogP contribution in [0.5, 0.6) is 5.75 Å². The Morgan fingerprint density at radius 1 is 1.45 bits per heavy atom. The molecule has 0 saturated carbocycles. The highest BCUT2D eigenvalue weighted by molar-refractivity contribution is 14.0. The van der Waals surface area contributed by atoms with Crippen molar-refractivity contribution in [3.05, 3.63) is 46.7 Å². The van der Waals surface area contributed by atoms with Crippen LogP contribution < -0.4 is 10.1 Å². The molecule has 9 heteroatoms. The number of halogens is 2. The van der Waals surface area contributed by atoms with Gasteiger partial charge in [-0.25, -0.2) is 0 Å². The summed E-state index contributed by atoms with van der Waals surface area (Å²) in [7, 11) is 3.72. The molecule has 29 heavy (non-hydrogen) atoms. The molecule has 160 valence electrons. The molecule has 3 rings (SSSR count). The van der Waals surface area contributed by atoms with Crippen molar-refractivity contribution in [1.82, 2.24) is 20.0 Å². The fourth-order valence-corrected chi connectivity index (χ4v) is 3.44. The summed E-state index contributed by atoms with van der Waals surface area (Å²) in [5.74, 6) is 1.76. The highest BCUT2D eigenvalue weighted by Crippen LogP contribution is 2.22. The van der Waals surface area contributed by atoms with E-state index in [1.165, 1.54) is 0 Å². The molecule has 1 aromatic carbocycles. The molecule has 1 aromatic heterocycles. The summed E-state index contributed by atoms with van der Waals surface area (Å²) in [6.07, 6.45) is 4.75. The number of ether oxygens (including phenoxy) is 2. The summed E-state index contributed by atoms with van der Waals surface area (Å²) in [6, 6.07) is 5.67. The van der Waals surface area contributed by atoms with E-state index in [0.717, 1.165) is 53.9 Å². The first kappa shape index (κ1) is 23.8. The Kier molecular flexibility index (Phi) is 9.51. The molecule has 2 aromatic rings. The molecule has 1 aliphatic rings. The Labute approximate surface area is 194 Å². The number of guanidine groups is 1. The Bertz CT molecular complexity index is 814. The van der Waals surface area contributed by atoms with Gasteiger partial charge in [0.15, 0.2) is 5.96 Å². The average Bonchev–Trinajstić information content (AvgIpc) is 3.13. The minimum absolute atomic E-state index is 0. The Balaban J connectivity index is 0.00000300. The number of hydrogen-bond donors (Lipinski definition) is 1. The van der Waals surface area contributed by atoms with Crippen LogP contribution in [0.2, 0.25) is 5.02 Å². The molecule has 0 bridgehead atoms. The van der Waals surface area contributed by atoms with Gasteiger partial charge in [0.1, 0.15) is 11.9 Å². The minimum atomic E-state index is 0. The zero-order valence-electron chi connectivity index (χ0n) is 17.1. The van der Waals surface area contributed by atoms with Gasteiger partial charge < -0.3 is 19.7 Å². The topological polar surface area (TPSA) is 63.9 Å². The molecule has 0 amide bonds. The van der Waals surface area contributed by atoms with Gasteiger partial charge >= 0.3 is 0 Å². The predicted molar refractivity (Wildman–Crippen MR) is 127 cm³/mol. The number of nitrogens with zero attached hydrogens (tertiary/aromatic N) is 4. The SMILES string of the molecule is CN=C(NCCCOc1ccc(Cl)cc1C)N1CCOC(c2cnn(C)c2)C1.I. The van der Waals surface area contributed by atoms with Gasteiger partial charge in [0, 0.05) is 44.0 Å². The van der Waals surface area contributed by atoms with Gasteiger partial charge in [0.25, 0.3) is 0 Å². The summed E-state index contributed by atoms with van der Waals surface area (Å²) in [4.78, 5) is 6.65. The van der Waals surface area contributed by atoms with Crippen molar-refractivity contribution >= 4 is 41.5 Å². The van der Waals surface area contributed by atoms with E-state index in [-0.39, 0.29) is 30.1 Å². The number of benzene rings is 1. The normalized spacial score (nSPS) is 17.0. The van der Waals surface area contributed by atoms with Crippen LogP contribution in [0.3, 0.4) is 0 Å². The maximum Gasteiger partial charge on any atom is 0.193 e. The van der Waals surface area contributed by atoms with Crippen molar-refractivity contribution in [3.63, 3.8) is 0 Å². The first-order valence-corrected chi connectivity index (χ1v) is 9.89. The van der Waals surface area contributed by atoms with E-state index in [0.29, 0.717) is 13.2 Å². The molecule has 1 fully saturated rings. The first-order chi connectivity index (χ1) is 13.6. The maximum absolute atomic E-state index is 5.98. The molecule has 1 atom stereocenters. The van der Waals surface area contributed by atoms with Gasteiger partial charge in [0.2, 0.25) is 0 Å². The molecular weight excluding hydrogens is 505 g/mol. The van der Waals surface area contributed by atoms with E-state index in [9.17, 15) is 0 Å². The third-order valence-corrected chi connectivity index (χ3v) is 4.91.